The van der Waals surface area contributed by atoms with E-state index in [1.165, 1.54) is 0 Å². The van der Waals surface area contributed by atoms with Gasteiger partial charge in [-0.05, 0) is 12.1 Å². The molecule has 0 fully saturated rings. The van der Waals surface area contributed by atoms with Gasteiger partial charge < -0.3 is 9.84 Å². The second-order valence-electron chi connectivity index (χ2n) is 3.36. The zero-order valence-corrected chi connectivity index (χ0v) is 9.11. The standard InChI is InChI=1S/C10H10F3NO4/c11-10(12,13)7-2-3-9(18-5-1-4-15)8(6-7)14(16)17/h2-3,6,15H,1,4-5H2. The van der Waals surface area contributed by atoms with E-state index >= 15 is 0 Å². The van der Waals surface area contributed by atoms with Crippen LogP contribution in [-0.4, -0.2) is 23.2 Å². The summed E-state index contributed by atoms with van der Waals surface area (Å²) >= 11 is 0. The maximum absolute atomic E-state index is 12.4. The molecule has 1 aromatic carbocycles. The third kappa shape index (κ3) is 3.59. The fourth-order valence-electron chi connectivity index (χ4n) is 1.21. The van der Waals surface area contributed by atoms with Crippen LogP contribution in [0, 0.1) is 10.1 Å². The molecular weight excluding hydrogens is 255 g/mol. The Morgan fingerprint density at radius 2 is 2.06 bits per heavy atom. The van der Waals surface area contributed by atoms with Gasteiger partial charge in [-0.2, -0.15) is 13.2 Å². The maximum atomic E-state index is 12.4. The van der Waals surface area contributed by atoms with Crippen LogP contribution in [0.2, 0.25) is 0 Å². The van der Waals surface area contributed by atoms with Crippen LogP contribution in [0.1, 0.15) is 12.0 Å². The minimum Gasteiger partial charge on any atom is -0.487 e. The lowest BCUT2D eigenvalue weighted by Gasteiger charge is -2.09. The molecule has 0 aliphatic rings. The number of aliphatic hydroxyl groups is 1. The van der Waals surface area contributed by atoms with Crippen molar-refractivity contribution in [2.45, 2.75) is 12.6 Å². The molecule has 0 aromatic heterocycles. The molecule has 8 heteroatoms. The number of hydrogen-bond acceptors (Lipinski definition) is 4. The van der Waals surface area contributed by atoms with E-state index in [0.717, 1.165) is 6.07 Å². The number of halogens is 3. The summed E-state index contributed by atoms with van der Waals surface area (Å²) in [5.74, 6) is -0.249. The first-order valence-electron chi connectivity index (χ1n) is 4.95. The van der Waals surface area contributed by atoms with E-state index in [-0.39, 0.29) is 25.4 Å². The number of nitro groups is 1. The topological polar surface area (TPSA) is 72.6 Å². The molecule has 18 heavy (non-hydrogen) atoms. The van der Waals surface area contributed by atoms with Crippen molar-refractivity contribution >= 4 is 5.69 Å². The molecule has 1 rings (SSSR count). The summed E-state index contributed by atoms with van der Waals surface area (Å²) in [7, 11) is 0. The average Bonchev–Trinajstić information content (AvgIpc) is 2.28. The van der Waals surface area contributed by atoms with E-state index in [0.29, 0.717) is 12.1 Å². The van der Waals surface area contributed by atoms with Crippen molar-refractivity contribution in [3.63, 3.8) is 0 Å². The molecule has 5 nitrogen and oxygen atoms in total. The number of rotatable bonds is 5. The summed E-state index contributed by atoms with van der Waals surface area (Å²) in [6.07, 6.45) is -4.41. The van der Waals surface area contributed by atoms with Gasteiger partial charge in [0.25, 0.3) is 0 Å². The van der Waals surface area contributed by atoms with E-state index in [2.05, 4.69) is 0 Å². The van der Waals surface area contributed by atoms with E-state index in [1.54, 1.807) is 0 Å². The molecule has 0 aliphatic carbocycles. The lowest BCUT2D eigenvalue weighted by atomic mass is 10.2. The smallest absolute Gasteiger partial charge is 0.416 e. The fraction of sp³-hybridized carbons (Fsp3) is 0.400. The van der Waals surface area contributed by atoms with Crippen LogP contribution < -0.4 is 4.74 Å². The molecule has 0 spiro atoms. The fourth-order valence-corrected chi connectivity index (χ4v) is 1.21. The summed E-state index contributed by atoms with van der Waals surface area (Å²) in [5.41, 5.74) is -1.86. The lowest BCUT2D eigenvalue weighted by molar-refractivity contribution is -0.386. The number of nitro benzene ring substituents is 1. The van der Waals surface area contributed by atoms with E-state index in [4.69, 9.17) is 9.84 Å². The Labute approximate surface area is 99.9 Å². The number of benzene rings is 1. The molecular formula is C10H10F3NO4. The second kappa shape index (κ2) is 5.67. The van der Waals surface area contributed by atoms with E-state index in [9.17, 15) is 23.3 Å². The van der Waals surface area contributed by atoms with Crippen LogP contribution >= 0.6 is 0 Å². The molecule has 0 unspecified atom stereocenters. The van der Waals surface area contributed by atoms with Gasteiger partial charge in [-0.3, -0.25) is 10.1 Å². The van der Waals surface area contributed by atoms with Crippen molar-refractivity contribution in [1.29, 1.82) is 0 Å². The zero-order chi connectivity index (χ0) is 13.8. The van der Waals surface area contributed by atoms with Crippen molar-refractivity contribution in [2.75, 3.05) is 13.2 Å². The largest absolute Gasteiger partial charge is 0.487 e. The van der Waals surface area contributed by atoms with Gasteiger partial charge >= 0.3 is 11.9 Å². The first-order chi connectivity index (χ1) is 8.36. The predicted molar refractivity (Wildman–Crippen MR) is 55.3 cm³/mol. The van der Waals surface area contributed by atoms with Crippen molar-refractivity contribution in [2.24, 2.45) is 0 Å². The molecule has 0 aliphatic heterocycles. The van der Waals surface area contributed by atoms with Crippen LogP contribution in [0.15, 0.2) is 18.2 Å². The molecule has 100 valence electrons. The molecule has 0 saturated heterocycles. The van der Waals surface area contributed by atoms with Gasteiger partial charge in [0, 0.05) is 19.1 Å². The summed E-state index contributed by atoms with van der Waals surface area (Å²) in [6, 6.07) is 2.04. The lowest BCUT2D eigenvalue weighted by Crippen LogP contribution is -2.07. The van der Waals surface area contributed by atoms with Crippen molar-refractivity contribution < 1.29 is 27.9 Å². The summed E-state index contributed by atoms with van der Waals surface area (Å²) in [6.45, 7) is -0.183. The van der Waals surface area contributed by atoms with Crippen molar-refractivity contribution in [1.82, 2.24) is 0 Å². The minimum absolute atomic E-state index is 0.0112. The maximum Gasteiger partial charge on any atom is 0.416 e. The summed E-state index contributed by atoms with van der Waals surface area (Å²) in [4.78, 5) is 9.70. The molecule has 0 bridgehead atoms. The summed E-state index contributed by atoms with van der Waals surface area (Å²) in [5, 5.41) is 19.2. The van der Waals surface area contributed by atoms with Crippen LogP contribution in [0.4, 0.5) is 18.9 Å². The van der Waals surface area contributed by atoms with Gasteiger partial charge in [-0.1, -0.05) is 0 Å². The number of nitrogens with zero attached hydrogens (tertiary/aromatic N) is 1. The molecule has 0 amide bonds. The van der Waals surface area contributed by atoms with Crippen LogP contribution in [0.5, 0.6) is 5.75 Å². The molecule has 0 saturated carbocycles. The highest BCUT2D eigenvalue weighted by Gasteiger charge is 2.33. The van der Waals surface area contributed by atoms with Gasteiger partial charge in [-0.15, -0.1) is 0 Å². The van der Waals surface area contributed by atoms with Gasteiger partial charge in [-0.25, -0.2) is 0 Å². The molecule has 0 atom stereocenters. The van der Waals surface area contributed by atoms with Gasteiger partial charge in [0.2, 0.25) is 0 Å². The average molecular weight is 265 g/mol. The quantitative estimate of drug-likeness (QED) is 0.504. The third-order valence-electron chi connectivity index (χ3n) is 2.04. The third-order valence-corrected chi connectivity index (χ3v) is 2.04. The number of alkyl halides is 3. The minimum atomic E-state index is -4.64. The molecule has 0 radical (unpaired) electrons. The highest BCUT2D eigenvalue weighted by atomic mass is 19.4. The highest BCUT2D eigenvalue weighted by Crippen LogP contribution is 2.35. The Kier molecular flexibility index (Phi) is 4.49. The Bertz CT molecular complexity index is 434. The highest BCUT2D eigenvalue weighted by molar-refractivity contribution is 5.49. The SMILES string of the molecule is O=[N+]([O-])c1cc(C(F)(F)F)ccc1OCCCO. The van der Waals surface area contributed by atoms with Gasteiger partial charge in [0.1, 0.15) is 0 Å². The van der Waals surface area contributed by atoms with E-state index < -0.39 is 22.4 Å². The second-order valence-corrected chi connectivity index (χ2v) is 3.36. The van der Waals surface area contributed by atoms with Crippen LogP contribution in [-0.2, 0) is 6.18 Å². The number of ether oxygens (including phenoxy) is 1. The first kappa shape index (κ1) is 14.2. The van der Waals surface area contributed by atoms with Gasteiger partial charge in [0.15, 0.2) is 5.75 Å². The number of aliphatic hydroxyl groups excluding tert-OH is 1. The monoisotopic (exact) mass is 265 g/mol. The Balaban J connectivity index is 3.01. The van der Waals surface area contributed by atoms with Crippen molar-refractivity contribution in [3.8, 4) is 5.75 Å². The number of hydrogen-bond donors (Lipinski definition) is 1. The molecule has 1 N–H and O–H groups in total. The Hall–Kier alpha value is -1.83. The predicted octanol–water partition coefficient (Wildman–Crippen LogP) is 2.37. The van der Waals surface area contributed by atoms with E-state index in [1.807, 2.05) is 0 Å². The summed E-state index contributed by atoms with van der Waals surface area (Å²) < 4.78 is 42.1. The van der Waals surface area contributed by atoms with Crippen LogP contribution in [0.3, 0.4) is 0 Å². The Morgan fingerprint density at radius 3 is 2.56 bits per heavy atom. The van der Waals surface area contributed by atoms with Gasteiger partial charge in [0.05, 0.1) is 17.1 Å². The molecule has 0 heterocycles. The zero-order valence-electron chi connectivity index (χ0n) is 9.11. The van der Waals surface area contributed by atoms with Crippen LogP contribution in [0.25, 0.3) is 0 Å². The Morgan fingerprint density at radius 1 is 1.39 bits per heavy atom. The first-order valence-corrected chi connectivity index (χ1v) is 4.95. The normalized spacial score (nSPS) is 11.3. The van der Waals surface area contributed by atoms with Crippen molar-refractivity contribution in [3.05, 3.63) is 33.9 Å². The molecule has 1 aromatic rings.